The number of nitrogens with zero attached hydrogens (tertiary/aromatic N) is 4. The minimum absolute atomic E-state index is 0.135. The SMILES string of the molecule is Fc1ccc(CSc2nnc(C3CCN(Cc4ccccc4F)CC3)n2C[C@@H]2CCCO2)cc1. The van der Waals surface area contributed by atoms with E-state index in [0.717, 1.165) is 74.0 Å². The van der Waals surface area contributed by atoms with Gasteiger partial charge in [-0.05, 0) is 62.5 Å². The van der Waals surface area contributed by atoms with Gasteiger partial charge in [0.2, 0.25) is 0 Å². The summed E-state index contributed by atoms with van der Waals surface area (Å²) in [5.74, 6) is 1.71. The summed E-state index contributed by atoms with van der Waals surface area (Å²) < 4.78 is 35.5. The maximum atomic E-state index is 14.1. The van der Waals surface area contributed by atoms with E-state index in [0.29, 0.717) is 18.2 Å². The third kappa shape index (κ3) is 5.67. The molecule has 0 N–H and O–H groups in total. The minimum atomic E-state index is -0.223. The molecule has 0 aliphatic carbocycles. The molecule has 1 atom stereocenters. The molecule has 34 heavy (non-hydrogen) atoms. The zero-order valence-corrected chi connectivity index (χ0v) is 20.0. The summed E-state index contributed by atoms with van der Waals surface area (Å²) in [6.45, 7) is 4.03. The van der Waals surface area contributed by atoms with Gasteiger partial charge >= 0.3 is 0 Å². The van der Waals surface area contributed by atoms with Crippen molar-refractivity contribution in [3.05, 3.63) is 77.1 Å². The van der Waals surface area contributed by atoms with Gasteiger partial charge in [0.15, 0.2) is 5.16 Å². The summed E-state index contributed by atoms with van der Waals surface area (Å²) >= 11 is 1.64. The summed E-state index contributed by atoms with van der Waals surface area (Å²) in [6.07, 6.45) is 4.29. The van der Waals surface area contributed by atoms with Crippen LogP contribution in [-0.4, -0.2) is 45.5 Å². The van der Waals surface area contributed by atoms with Crippen LogP contribution in [0.25, 0.3) is 0 Å². The van der Waals surface area contributed by atoms with Gasteiger partial charge in [0, 0.05) is 30.4 Å². The lowest BCUT2D eigenvalue weighted by atomic mass is 9.95. The lowest BCUT2D eigenvalue weighted by molar-refractivity contribution is 0.0931. The highest BCUT2D eigenvalue weighted by molar-refractivity contribution is 7.98. The van der Waals surface area contributed by atoms with Crippen LogP contribution in [-0.2, 0) is 23.6 Å². The van der Waals surface area contributed by atoms with E-state index in [1.807, 2.05) is 24.3 Å². The molecule has 0 amide bonds. The average molecular weight is 485 g/mol. The van der Waals surface area contributed by atoms with Crippen molar-refractivity contribution in [2.75, 3.05) is 19.7 Å². The number of aromatic nitrogens is 3. The Morgan fingerprint density at radius 3 is 2.50 bits per heavy atom. The highest BCUT2D eigenvalue weighted by Gasteiger charge is 2.28. The van der Waals surface area contributed by atoms with Gasteiger partial charge in [0.25, 0.3) is 0 Å². The molecule has 180 valence electrons. The molecular weight excluding hydrogens is 454 g/mol. The minimum Gasteiger partial charge on any atom is -0.376 e. The molecule has 0 radical (unpaired) electrons. The summed E-state index contributed by atoms with van der Waals surface area (Å²) in [7, 11) is 0. The quantitative estimate of drug-likeness (QED) is 0.400. The molecule has 8 heteroatoms. The van der Waals surface area contributed by atoms with Gasteiger partial charge in [-0.3, -0.25) is 4.90 Å². The molecule has 3 heterocycles. The molecule has 5 nitrogen and oxygen atoms in total. The van der Waals surface area contributed by atoms with Gasteiger partial charge in [-0.15, -0.1) is 10.2 Å². The highest BCUT2D eigenvalue weighted by Crippen LogP contribution is 2.32. The molecule has 2 aromatic carbocycles. The first kappa shape index (κ1) is 23.5. The monoisotopic (exact) mass is 484 g/mol. The number of rotatable bonds is 8. The zero-order chi connectivity index (χ0) is 23.3. The van der Waals surface area contributed by atoms with Crippen LogP contribution in [0.2, 0.25) is 0 Å². The molecule has 5 rings (SSSR count). The van der Waals surface area contributed by atoms with E-state index in [2.05, 4.69) is 19.7 Å². The summed E-state index contributed by atoms with van der Waals surface area (Å²) in [5.41, 5.74) is 1.81. The number of ether oxygens (including phenoxy) is 1. The third-order valence-corrected chi connectivity index (χ3v) is 7.78. The van der Waals surface area contributed by atoms with E-state index in [-0.39, 0.29) is 17.7 Å². The van der Waals surface area contributed by atoms with E-state index in [9.17, 15) is 8.78 Å². The molecule has 0 spiro atoms. The van der Waals surface area contributed by atoms with Crippen molar-refractivity contribution in [1.82, 2.24) is 19.7 Å². The van der Waals surface area contributed by atoms with Crippen LogP contribution in [0.15, 0.2) is 53.7 Å². The Morgan fingerprint density at radius 1 is 0.971 bits per heavy atom. The van der Waals surface area contributed by atoms with Crippen molar-refractivity contribution < 1.29 is 13.5 Å². The van der Waals surface area contributed by atoms with E-state index < -0.39 is 0 Å². The number of piperidine rings is 1. The Hall–Kier alpha value is -2.29. The maximum Gasteiger partial charge on any atom is 0.191 e. The van der Waals surface area contributed by atoms with Crippen LogP contribution in [0, 0.1) is 11.6 Å². The number of halogens is 2. The maximum absolute atomic E-state index is 14.1. The standard InChI is InChI=1S/C26H30F2N4OS/c27-22-9-7-19(8-10-22)18-34-26-30-29-25(32(26)17-23-5-3-15-33-23)20-11-13-31(14-12-20)16-21-4-1-2-6-24(21)28/h1-2,4,6-10,20,23H,3,5,11-18H2/t23-/m0/s1. The van der Waals surface area contributed by atoms with Crippen molar-refractivity contribution >= 4 is 11.8 Å². The number of benzene rings is 2. The normalized spacial score (nSPS) is 19.6. The predicted octanol–water partition coefficient (Wildman–Crippen LogP) is 5.41. The van der Waals surface area contributed by atoms with Crippen LogP contribution in [0.3, 0.4) is 0 Å². The molecule has 0 bridgehead atoms. The second-order valence-corrected chi connectivity index (χ2v) is 10.1. The van der Waals surface area contributed by atoms with Gasteiger partial charge < -0.3 is 9.30 Å². The van der Waals surface area contributed by atoms with Gasteiger partial charge in [0.05, 0.1) is 12.6 Å². The fraction of sp³-hybridized carbons (Fsp3) is 0.462. The number of likely N-dealkylation sites (tertiary alicyclic amines) is 1. The van der Waals surface area contributed by atoms with Gasteiger partial charge in [-0.25, -0.2) is 8.78 Å². The molecule has 0 unspecified atom stereocenters. The number of hydrogen-bond acceptors (Lipinski definition) is 5. The molecule has 2 saturated heterocycles. The second kappa shape index (κ2) is 11.0. The first-order valence-electron chi connectivity index (χ1n) is 12.0. The van der Waals surface area contributed by atoms with E-state index in [1.54, 1.807) is 17.8 Å². The van der Waals surface area contributed by atoms with Crippen LogP contribution in [0.5, 0.6) is 0 Å². The van der Waals surface area contributed by atoms with Gasteiger partial charge in [-0.2, -0.15) is 0 Å². The largest absolute Gasteiger partial charge is 0.376 e. The first-order chi connectivity index (χ1) is 16.7. The first-order valence-corrected chi connectivity index (χ1v) is 13.0. The van der Waals surface area contributed by atoms with Crippen molar-refractivity contribution in [1.29, 1.82) is 0 Å². The van der Waals surface area contributed by atoms with Crippen molar-refractivity contribution in [2.45, 2.75) is 61.7 Å². The topological polar surface area (TPSA) is 43.2 Å². The molecule has 3 aromatic rings. The van der Waals surface area contributed by atoms with Gasteiger partial charge in [-0.1, -0.05) is 42.1 Å². The summed E-state index contributed by atoms with van der Waals surface area (Å²) in [5, 5.41) is 10.1. The lowest BCUT2D eigenvalue weighted by Crippen LogP contribution is -2.34. The fourth-order valence-electron chi connectivity index (χ4n) is 4.82. The Bertz CT molecular complexity index is 1080. The zero-order valence-electron chi connectivity index (χ0n) is 19.2. The molecule has 2 aliphatic rings. The van der Waals surface area contributed by atoms with Crippen LogP contribution in [0.1, 0.15) is 48.6 Å². The molecule has 2 fully saturated rings. The van der Waals surface area contributed by atoms with E-state index in [4.69, 9.17) is 4.74 Å². The fourth-order valence-corrected chi connectivity index (χ4v) is 5.73. The van der Waals surface area contributed by atoms with Crippen LogP contribution in [0.4, 0.5) is 8.78 Å². The molecule has 0 saturated carbocycles. The predicted molar refractivity (Wildman–Crippen MR) is 129 cm³/mol. The Morgan fingerprint density at radius 2 is 1.76 bits per heavy atom. The molecule has 2 aliphatic heterocycles. The van der Waals surface area contributed by atoms with E-state index in [1.165, 1.54) is 18.2 Å². The van der Waals surface area contributed by atoms with Crippen LogP contribution < -0.4 is 0 Å². The number of hydrogen-bond donors (Lipinski definition) is 0. The third-order valence-electron chi connectivity index (χ3n) is 6.74. The Balaban J connectivity index is 1.26. The Labute approximate surface area is 203 Å². The van der Waals surface area contributed by atoms with Crippen molar-refractivity contribution in [2.24, 2.45) is 0 Å². The summed E-state index contributed by atoms with van der Waals surface area (Å²) in [6, 6.07) is 13.6. The smallest absolute Gasteiger partial charge is 0.191 e. The highest BCUT2D eigenvalue weighted by atomic mass is 32.2. The van der Waals surface area contributed by atoms with Crippen molar-refractivity contribution in [3.8, 4) is 0 Å². The molecular formula is C26H30F2N4OS. The molecule has 1 aromatic heterocycles. The summed E-state index contributed by atoms with van der Waals surface area (Å²) in [4.78, 5) is 2.32. The van der Waals surface area contributed by atoms with Gasteiger partial charge in [0.1, 0.15) is 17.5 Å². The van der Waals surface area contributed by atoms with Crippen LogP contribution >= 0.6 is 11.8 Å². The average Bonchev–Trinajstić information content (AvgIpc) is 3.51. The van der Waals surface area contributed by atoms with E-state index >= 15 is 0 Å². The van der Waals surface area contributed by atoms with Crippen molar-refractivity contribution in [3.63, 3.8) is 0 Å². The lowest BCUT2D eigenvalue weighted by Gasteiger charge is -2.32. The Kier molecular flexibility index (Phi) is 7.57. The second-order valence-electron chi connectivity index (χ2n) is 9.14. The number of thioether (sulfide) groups is 1.